The third-order valence-corrected chi connectivity index (χ3v) is 5.36. The Kier molecular flexibility index (Phi) is 4.55. The van der Waals surface area contributed by atoms with Crippen molar-refractivity contribution in [2.75, 3.05) is 0 Å². The van der Waals surface area contributed by atoms with Crippen LogP contribution < -0.4 is 5.56 Å². The zero-order valence-electron chi connectivity index (χ0n) is 16.0. The normalized spacial score (nSPS) is 11.3. The topological polar surface area (TPSA) is 78.2 Å². The van der Waals surface area contributed by atoms with E-state index in [-0.39, 0.29) is 12.1 Å². The fraction of sp³-hybridized carbons (Fsp3) is 0.0909. The highest BCUT2D eigenvalue weighted by Crippen LogP contribution is 2.20. The molecule has 0 unspecified atom stereocenters. The van der Waals surface area contributed by atoms with Crippen molar-refractivity contribution in [2.45, 2.75) is 13.5 Å². The maximum Gasteiger partial charge on any atom is 0.277 e. The molecule has 8 heteroatoms. The minimum absolute atomic E-state index is 0.174. The summed E-state index contributed by atoms with van der Waals surface area (Å²) in [7, 11) is 0. The molecule has 0 bridgehead atoms. The summed E-state index contributed by atoms with van der Waals surface area (Å²) in [5.74, 6) is 0.843. The predicted octanol–water partition coefficient (Wildman–Crippen LogP) is 4.33. The van der Waals surface area contributed by atoms with Crippen LogP contribution in [0.5, 0.6) is 0 Å². The Bertz CT molecular complexity index is 1400. The molecule has 0 aliphatic carbocycles. The first-order chi connectivity index (χ1) is 14.6. The van der Waals surface area contributed by atoms with Crippen LogP contribution in [0.2, 0.25) is 0 Å². The summed E-state index contributed by atoms with van der Waals surface area (Å²) in [6.07, 6.45) is 3.42. The average Bonchev–Trinajstić information content (AvgIpc) is 3.39. The second-order valence-corrected chi connectivity index (χ2v) is 7.89. The first-order valence-electron chi connectivity index (χ1n) is 9.31. The lowest BCUT2D eigenvalue weighted by atomic mass is 10.1. The van der Waals surface area contributed by atoms with Gasteiger partial charge in [-0.2, -0.15) is 10.1 Å². The van der Waals surface area contributed by atoms with Gasteiger partial charge in [-0.15, -0.1) is 0 Å². The first-order valence-corrected chi connectivity index (χ1v) is 10.1. The van der Waals surface area contributed by atoms with E-state index in [0.29, 0.717) is 17.2 Å². The molecule has 0 atom stereocenters. The minimum atomic E-state index is -0.174. The standard InChI is InChI=1S/C22H16BrN5O2/c1-14-2-4-15(5-3-14)18-12-19-22(29)27(10-11-28(19)25-18)13-20-24-21(26-30-20)16-6-8-17(23)9-7-16/h2-12H,13H2,1H3. The van der Waals surface area contributed by atoms with Crippen LogP contribution in [0.15, 0.2) is 80.8 Å². The summed E-state index contributed by atoms with van der Waals surface area (Å²) in [6.45, 7) is 2.22. The third kappa shape index (κ3) is 3.46. The molecule has 3 aromatic heterocycles. The van der Waals surface area contributed by atoms with E-state index in [1.165, 1.54) is 10.1 Å². The number of aryl methyl sites for hydroxylation is 1. The van der Waals surface area contributed by atoms with Gasteiger partial charge in [0.05, 0.1) is 5.69 Å². The summed E-state index contributed by atoms with van der Waals surface area (Å²) in [5.41, 5.74) is 4.04. The fourth-order valence-corrected chi connectivity index (χ4v) is 3.46. The summed E-state index contributed by atoms with van der Waals surface area (Å²) < 4.78 is 9.45. The molecule has 0 N–H and O–H groups in total. The Morgan fingerprint density at radius 3 is 2.50 bits per heavy atom. The first kappa shape index (κ1) is 18.5. The van der Waals surface area contributed by atoms with Crippen molar-refractivity contribution >= 4 is 21.4 Å². The van der Waals surface area contributed by atoms with E-state index in [1.54, 1.807) is 23.0 Å². The van der Waals surface area contributed by atoms with Crippen LogP contribution >= 0.6 is 15.9 Å². The number of fused-ring (bicyclic) bond motifs is 1. The highest BCUT2D eigenvalue weighted by atomic mass is 79.9. The van der Waals surface area contributed by atoms with E-state index >= 15 is 0 Å². The van der Waals surface area contributed by atoms with Gasteiger partial charge in [0.2, 0.25) is 11.7 Å². The zero-order chi connectivity index (χ0) is 20.7. The number of hydrogen-bond donors (Lipinski definition) is 0. The Morgan fingerprint density at radius 2 is 1.73 bits per heavy atom. The summed E-state index contributed by atoms with van der Waals surface area (Å²) in [4.78, 5) is 17.4. The van der Waals surface area contributed by atoms with Crippen molar-refractivity contribution < 1.29 is 4.52 Å². The molecule has 148 valence electrons. The van der Waals surface area contributed by atoms with E-state index < -0.39 is 0 Å². The maximum absolute atomic E-state index is 13.0. The van der Waals surface area contributed by atoms with Gasteiger partial charge in [-0.05, 0) is 37.3 Å². The minimum Gasteiger partial charge on any atom is -0.337 e. The van der Waals surface area contributed by atoms with Gasteiger partial charge in [-0.1, -0.05) is 50.9 Å². The number of rotatable bonds is 4. The third-order valence-electron chi connectivity index (χ3n) is 4.83. The van der Waals surface area contributed by atoms with Crippen LogP contribution in [0.1, 0.15) is 11.5 Å². The van der Waals surface area contributed by atoms with Gasteiger partial charge in [-0.3, -0.25) is 4.79 Å². The van der Waals surface area contributed by atoms with E-state index in [2.05, 4.69) is 31.2 Å². The maximum atomic E-state index is 13.0. The van der Waals surface area contributed by atoms with Crippen molar-refractivity contribution in [3.8, 4) is 22.6 Å². The van der Waals surface area contributed by atoms with E-state index in [4.69, 9.17) is 4.52 Å². The molecule has 0 aliphatic rings. The lowest BCUT2D eigenvalue weighted by Crippen LogP contribution is -2.21. The quantitative estimate of drug-likeness (QED) is 0.397. The summed E-state index contributed by atoms with van der Waals surface area (Å²) >= 11 is 3.41. The largest absolute Gasteiger partial charge is 0.337 e. The molecule has 0 radical (unpaired) electrons. The van der Waals surface area contributed by atoms with Gasteiger partial charge in [0, 0.05) is 28.0 Å². The molecule has 5 rings (SSSR count). The van der Waals surface area contributed by atoms with Gasteiger partial charge in [0.25, 0.3) is 5.56 Å². The number of benzene rings is 2. The molecule has 0 fully saturated rings. The number of nitrogens with zero attached hydrogens (tertiary/aromatic N) is 5. The van der Waals surface area contributed by atoms with Crippen molar-refractivity contribution in [2.24, 2.45) is 0 Å². The molecule has 0 saturated carbocycles. The van der Waals surface area contributed by atoms with Crippen molar-refractivity contribution in [3.63, 3.8) is 0 Å². The molecular weight excluding hydrogens is 446 g/mol. The average molecular weight is 462 g/mol. The van der Waals surface area contributed by atoms with Crippen LogP contribution in [-0.4, -0.2) is 24.3 Å². The number of halogens is 1. The Hall–Kier alpha value is -3.52. The second-order valence-electron chi connectivity index (χ2n) is 6.98. The van der Waals surface area contributed by atoms with Crippen molar-refractivity contribution in [3.05, 3.63) is 93.3 Å². The zero-order valence-corrected chi connectivity index (χ0v) is 17.6. The monoisotopic (exact) mass is 461 g/mol. The van der Waals surface area contributed by atoms with Crippen LogP contribution in [0, 0.1) is 6.92 Å². The van der Waals surface area contributed by atoms with Gasteiger partial charge in [-0.25, -0.2) is 4.52 Å². The van der Waals surface area contributed by atoms with Crippen LogP contribution in [0.3, 0.4) is 0 Å². The molecule has 30 heavy (non-hydrogen) atoms. The smallest absolute Gasteiger partial charge is 0.277 e. The summed E-state index contributed by atoms with van der Waals surface area (Å²) in [5, 5.41) is 8.54. The molecule has 0 spiro atoms. The highest BCUT2D eigenvalue weighted by molar-refractivity contribution is 9.10. The fourth-order valence-electron chi connectivity index (χ4n) is 3.20. The Labute approximate surface area is 179 Å². The van der Waals surface area contributed by atoms with Gasteiger partial charge in [0.15, 0.2) is 0 Å². The Balaban J connectivity index is 1.45. The van der Waals surface area contributed by atoms with Gasteiger partial charge >= 0.3 is 0 Å². The molecule has 5 aromatic rings. The van der Waals surface area contributed by atoms with E-state index in [9.17, 15) is 4.79 Å². The molecule has 0 saturated heterocycles. The summed E-state index contributed by atoms with van der Waals surface area (Å²) in [6, 6.07) is 17.5. The van der Waals surface area contributed by atoms with E-state index in [0.717, 1.165) is 21.3 Å². The molecule has 7 nitrogen and oxygen atoms in total. The lowest BCUT2D eigenvalue weighted by molar-refractivity contribution is 0.370. The number of hydrogen-bond acceptors (Lipinski definition) is 5. The lowest BCUT2D eigenvalue weighted by Gasteiger charge is -2.01. The van der Waals surface area contributed by atoms with E-state index in [1.807, 2.05) is 55.5 Å². The number of aromatic nitrogens is 5. The molecule has 2 aromatic carbocycles. The molecule has 0 amide bonds. The highest BCUT2D eigenvalue weighted by Gasteiger charge is 2.13. The van der Waals surface area contributed by atoms with Gasteiger partial charge < -0.3 is 9.09 Å². The van der Waals surface area contributed by atoms with Gasteiger partial charge in [0.1, 0.15) is 12.1 Å². The predicted molar refractivity (Wildman–Crippen MR) is 116 cm³/mol. The SMILES string of the molecule is Cc1ccc(-c2cc3c(=O)n(Cc4nc(-c5ccc(Br)cc5)no4)ccn3n2)cc1. The van der Waals surface area contributed by atoms with Crippen molar-refractivity contribution in [1.82, 2.24) is 24.3 Å². The molecular formula is C22H16BrN5O2. The van der Waals surface area contributed by atoms with Crippen molar-refractivity contribution in [1.29, 1.82) is 0 Å². The van der Waals surface area contributed by atoms with Crippen LogP contribution in [0.4, 0.5) is 0 Å². The second kappa shape index (κ2) is 7.38. The molecule has 0 aliphatic heterocycles. The van der Waals surface area contributed by atoms with Crippen LogP contribution in [-0.2, 0) is 6.54 Å². The van der Waals surface area contributed by atoms with Crippen LogP contribution in [0.25, 0.3) is 28.2 Å². The Morgan fingerprint density at radius 1 is 1.00 bits per heavy atom. The molecule has 3 heterocycles.